The maximum absolute atomic E-state index is 14.9. The lowest BCUT2D eigenvalue weighted by Gasteiger charge is -2.16. The Morgan fingerprint density at radius 2 is 1.53 bits per heavy atom. The van der Waals surface area contributed by atoms with Crippen LogP contribution in [0.5, 0.6) is 0 Å². The molecule has 0 aliphatic heterocycles. The fraction of sp³-hybridized carbons (Fsp3) is 0.160. The molecule has 4 rings (SSSR count). The average Bonchev–Trinajstić information content (AvgIpc) is 2.84. The molecule has 7 heteroatoms. The molecule has 6 nitrogen and oxygen atoms in total. The summed E-state index contributed by atoms with van der Waals surface area (Å²) in [5.41, 5.74) is 0.775. The number of carbonyl (C=O) groups is 1. The van der Waals surface area contributed by atoms with Crippen LogP contribution in [0.3, 0.4) is 0 Å². The molecule has 0 aliphatic carbocycles. The van der Waals surface area contributed by atoms with Crippen molar-refractivity contribution in [2.24, 2.45) is 0 Å². The zero-order chi connectivity index (χ0) is 22.7. The van der Waals surface area contributed by atoms with E-state index in [9.17, 15) is 18.8 Å². The van der Waals surface area contributed by atoms with E-state index in [1.807, 2.05) is 0 Å². The summed E-state index contributed by atoms with van der Waals surface area (Å²) >= 11 is 0. The van der Waals surface area contributed by atoms with Gasteiger partial charge in [0.25, 0.3) is 5.56 Å². The van der Waals surface area contributed by atoms with E-state index in [2.05, 4.69) is 0 Å². The third-order valence-electron chi connectivity index (χ3n) is 5.40. The van der Waals surface area contributed by atoms with E-state index < -0.39 is 36.4 Å². The molecule has 0 radical (unpaired) electrons. The van der Waals surface area contributed by atoms with Crippen LogP contribution in [0, 0.1) is 0 Å². The Hall–Kier alpha value is -3.84. The van der Waals surface area contributed by atoms with Crippen LogP contribution < -0.4 is 11.2 Å². The number of rotatable bonds is 7. The molecule has 0 fully saturated rings. The monoisotopic (exact) mass is 432 g/mol. The number of ketones is 1. The minimum absolute atomic E-state index is 0.134. The summed E-state index contributed by atoms with van der Waals surface area (Å²) in [5, 5.41) is 9.32. The van der Waals surface area contributed by atoms with Gasteiger partial charge in [-0.1, -0.05) is 66.7 Å². The summed E-state index contributed by atoms with van der Waals surface area (Å²) in [6.07, 6.45) is -1.51. The highest BCUT2D eigenvalue weighted by atomic mass is 19.1. The second-order valence-corrected chi connectivity index (χ2v) is 7.46. The van der Waals surface area contributed by atoms with Gasteiger partial charge in [-0.3, -0.25) is 18.7 Å². The van der Waals surface area contributed by atoms with Gasteiger partial charge in [0, 0.05) is 5.56 Å². The molecule has 0 aliphatic rings. The summed E-state index contributed by atoms with van der Waals surface area (Å²) in [5.74, 6) is -0.400. The second kappa shape index (κ2) is 9.11. The maximum Gasteiger partial charge on any atom is 0.331 e. The van der Waals surface area contributed by atoms with Crippen LogP contribution in [0.15, 0.2) is 88.5 Å². The molecule has 0 bridgehead atoms. The minimum atomic E-state index is -1.51. The van der Waals surface area contributed by atoms with Crippen LogP contribution in [0.4, 0.5) is 4.39 Å². The molecule has 1 N–H and O–H groups in total. The summed E-state index contributed by atoms with van der Waals surface area (Å²) in [4.78, 5) is 37.9. The van der Waals surface area contributed by atoms with E-state index >= 15 is 0 Å². The maximum atomic E-state index is 14.9. The van der Waals surface area contributed by atoms with Gasteiger partial charge in [0.1, 0.15) is 12.8 Å². The Morgan fingerprint density at radius 1 is 0.875 bits per heavy atom. The molecule has 0 saturated heterocycles. The van der Waals surface area contributed by atoms with Gasteiger partial charge in [-0.25, -0.2) is 9.18 Å². The van der Waals surface area contributed by atoms with Gasteiger partial charge in [-0.05, 0) is 23.3 Å². The summed E-state index contributed by atoms with van der Waals surface area (Å²) < 4.78 is 17.3. The van der Waals surface area contributed by atoms with Crippen molar-refractivity contribution < 1.29 is 14.3 Å². The third kappa shape index (κ3) is 4.15. The summed E-state index contributed by atoms with van der Waals surface area (Å²) in [7, 11) is 0. The van der Waals surface area contributed by atoms with E-state index in [0.717, 1.165) is 10.1 Å². The van der Waals surface area contributed by atoms with Crippen LogP contribution >= 0.6 is 0 Å². The Bertz CT molecular complexity index is 1380. The number of halogens is 1. The molecule has 32 heavy (non-hydrogen) atoms. The molecule has 1 unspecified atom stereocenters. The molecular weight excluding hydrogens is 411 g/mol. The number of aromatic nitrogens is 2. The number of fused-ring (bicyclic) bond motifs is 1. The van der Waals surface area contributed by atoms with Gasteiger partial charge in [0.05, 0.1) is 24.0 Å². The number of para-hydroxylation sites is 1. The summed E-state index contributed by atoms with van der Waals surface area (Å²) in [6, 6.07) is 21.6. The molecule has 0 amide bonds. The van der Waals surface area contributed by atoms with Crippen LogP contribution in [-0.2, 0) is 13.1 Å². The first-order valence-electron chi connectivity index (χ1n) is 10.1. The highest BCUT2D eigenvalue weighted by molar-refractivity contribution is 5.96. The number of hydrogen-bond donors (Lipinski definition) is 1. The van der Waals surface area contributed by atoms with Crippen molar-refractivity contribution in [2.45, 2.75) is 19.3 Å². The molecule has 3 aromatic carbocycles. The molecular formula is C25H21FN2O4. The van der Waals surface area contributed by atoms with E-state index in [0.29, 0.717) is 22.0 Å². The Kier molecular flexibility index (Phi) is 6.09. The topological polar surface area (TPSA) is 81.3 Å². The van der Waals surface area contributed by atoms with Crippen molar-refractivity contribution in [2.75, 3.05) is 6.61 Å². The first-order valence-corrected chi connectivity index (χ1v) is 10.1. The van der Waals surface area contributed by atoms with Crippen LogP contribution in [0.25, 0.3) is 10.9 Å². The first kappa shape index (κ1) is 21.4. The van der Waals surface area contributed by atoms with E-state index in [4.69, 9.17) is 5.11 Å². The zero-order valence-corrected chi connectivity index (χ0v) is 17.1. The number of Topliss-reactive ketones (excluding diaryl/α,β-unsaturated/α-hetero) is 1. The van der Waals surface area contributed by atoms with Gasteiger partial charge < -0.3 is 5.11 Å². The Balaban J connectivity index is 1.77. The van der Waals surface area contributed by atoms with Gasteiger partial charge in [0.15, 0.2) is 5.78 Å². The number of carbonyl (C=O) groups excluding carboxylic acids is 1. The molecule has 162 valence electrons. The smallest absolute Gasteiger partial charge is 0.331 e. The summed E-state index contributed by atoms with van der Waals surface area (Å²) in [6.45, 7) is -0.841. The normalized spacial score (nSPS) is 12.1. The SMILES string of the molecule is O=C(CO)c1ccc(Cn2c(=O)n(CC(F)c3ccccc3)c(=O)c3ccccc32)cc1. The molecule has 0 spiro atoms. The van der Waals surface area contributed by atoms with Crippen LogP contribution in [0.2, 0.25) is 0 Å². The molecule has 1 aromatic heterocycles. The molecule has 0 saturated carbocycles. The van der Waals surface area contributed by atoms with Crippen molar-refractivity contribution in [3.63, 3.8) is 0 Å². The number of alkyl halides is 1. The number of nitrogens with zero attached hydrogens (tertiary/aromatic N) is 2. The number of benzene rings is 3. The number of aliphatic hydroxyl groups is 1. The highest BCUT2D eigenvalue weighted by Crippen LogP contribution is 2.18. The fourth-order valence-corrected chi connectivity index (χ4v) is 3.68. The average molecular weight is 432 g/mol. The fourth-order valence-electron chi connectivity index (χ4n) is 3.68. The third-order valence-corrected chi connectivity index (χ3v) is 5.40. The van der Waals surface area contributed by atoms with Crippen molar-refractivity contribution >= 4 is 16.7 Å². The second-order valence-electron chi connectivity index (χ2n) is 7.46. The van der Waals surface area contributed by atoms with Gasteiger partial charge in [-0.2, -0.15) is 0 Å². The largest absolute Gasteiger partial charge is 0.388 e. The van der Waals surface area contributed by atoms with E-state index in [1.54, 1.807) is 78.9 Å². The lowest BCUT2D eigenvalue weighted by molar-refractivity contribution is 0.0903. The predicted octanol–water partition coefficient (Wildman–Crippen LogP) is 3.10. The van der Waals surface area contributed by atoms with E-state index in [1.165, 1.54) is 4.57 Å². The van der Waals surface area contributed by atoms with Crippen molar-refractivity contribution in [3.05, 3.63) is 116 Å². The Labute approximate surface area is 182 Å². The van der Waals surface area contributed by atoms with Gasteiger partial charge >= 0.3 is 5.69 Å². The standard InChI is InChI=1S/C25H21FN2O4/c26-21(18-6-2-1-3-7-18)15-28-24(31)20-8-4-5-9-22(20)27(25(28)32)14-17-10-12-19(13-11-17)23(30)16-29/h1-13,21,29H,14-16H2. The number of hydrogen-bond acceptors (Lipinski definition) is 4. The molecule has 4 aromatic rings. The minimum Gasteiger partial charge on any atom is -0.388 e. The van der Waals surface area contributed by atoms with E-state index in [-0.39, 0.29) is 6.54 Å². The lowest BCUT2D eigenvalue weighted by Crippen LogP contribution is -2.41. The first-order chi connectivity index (χ1) is 15.5. The van der Waals surface area contributed by atoms with Crippen molar-refractivity contribution in [1.29, 1.82) is 0 Å². The highest BCUT2D eigenvalue weighted by Gasteiger charge is 2.18. The Morgan fingerprint density at radius 3 is 2.22 bits per heavy atom. The number of aliphatic hydroxyl groups excluding tert-OH is 1. The molecule has 1 atom stereocenters. The predicted molar refractivity (Wildman–Crippen MR) is 120 cm³/mol. The van der Waals surface area contributed by atoms with Gasteiger partial charge in [-0.15, -0.1) is 0 Å². The zero-order valence-electron chi connectivity index (χ0n) is 17.1. The van der Waals surface area contributed by atoms with Crippen LogP contribution in [0.1, 0.15) is 27.7 Å². The quantitative estimate of drug-likeness (QED) is 0.455. The van der Waals surface area contributed by atoms with Gasteiger partial charge in [0.2, 0.25) is 0 Å². The van der Waals surface area contributed by atoms with Crippen LogP contribution in [-0.4, -0.2) is 26.6 Å². The molecule has 1 heterocycles. The lowest BCUT2D eigenvalue weighted by atomic mass is 10.1. The van der Waals surface area contributed by atoms with Crippen molar-refractivity contribution in [3.8, 4) is 0 Å². The van der Waals surface area contributed by atoms with Crippen molar-refractivity contribution in [1.82, 2.24) is 9.13 Å².